The number of rotatable bonds is 2. The number of aryl methyl sites for hydroxylation is 4. The Morgan fingerprint density at radius 3 is 2.41 bits per heavy atom. The maximum absolute atomic E-state index is 12.6. The fraction of sp³-hybridized carbons (Fsp3) is 0.316. The van der Waals surface area contributed by atoms with E-state index < -0.39 is 0 Å². The van der Waals surface area contributed by atoms with E-state index in [9.17, 15) is 4.79 Å². The lowest BCUT2D eigenvalue weighted by Crippen LogP contribution is -2.25. The number of carbonyl (C=O) groups is 1. The van der Waals surface area contributed by atoms with E-state index in [1.165, 1.54) is 21.6 Å². The van der Waals surface area contributed by atoms with Crippen LogP contribution in [0, 0.1) is 27.7 Å². The van der Waals surface area contributed by atoms with Crippen LogP contribution in [0.25, 0.3) is 0 Å². The van der Waals surface area contributed by atoms with Gasteiger partial charge in [0.15, 0.2) is 0 Å². The Morgan fingerprint density at radius 1 is 1.05 bits per heavy atom. The second kappa shape index (κ2) is 5.81. The standard InChI is InChI=1S/C19H21NOS/c1-11-5-6-15-10-17(22-16(15)9-11)19(21)20-18-13(3)7-12(2)8-14(18)4/h5-9,17H,10H2,1-4H3,(H,20,21). The van der Waals surface area contributed by atoms with Gasteiger partial charge in [0.2, 0.25) is 5.91 Å². The molecule has 0 aliphatic carbocycles. The molecule has 2 aromatic carbocycles. The number of fused-ring (bicyclic) bond motifs is 1. The summed E-state index contributed by atoms with van der Waals surface area (Å²) in [5.41, 5.74) is 6.98. The quantitative estimate of drug-likeness (QED) is 0.880. The van der Waals surface area contributed by atoms with Crippen molar-refractivity contribution in [1.29, 1.82) is 0 Å². The summed E-state index contributed by atoms with van der Waals surface area (Å²) >= 11 is 1.68. The molecule has 1 atom stereocenters. The molecule has 1 aliphatic heterocycles. The fourth-order valence-electron chi connectivity index (χ4n) is 3.06. The van der Waals surface area contributed by atoms with Crippen LogP contribution in [0.5, 0.6) is 0 Å². The smallest absolute Gasteiger partial charge is 0.238 e. The third kappa shape index (κ3) is 2.91. The lowest BCUT2D eigenvalue weighted by molar-refractivity contribution is -0.115. The molecular formula is C19H21NOS. The topological polar surface area (TPSA) is 29.1 Å². The van der Waals surface area contributed by atoms with E-state index in [-0.39, 0.29) is 11.2 Å². The first-order valence-electron chi connectivity index (χ1n) is 7.59. The molecule has 114 valence electrons. The molecule has 22 heavy (non-hydrogen) atoms. The van der Waals surface area contributed by atoms with Gasteiger partial charge in [0.25, 0.3) is 0 Å². The predicted molar refractivity (Wildman–Crippen MR) is 93.8 cm³/mol. The van der Waals surface area contributed by atoms with E-state index in [0.29, 0.717) is 0 Å². The average Bonchev–Trinajstić information content (AvgIpc) is 2.85. The molecule has 1 N–H and O–H groups in total. The van der Waals surface area contributed by atoms with Crippen LogP contribution in [0.1, 0.15) is 27.8 Å². The molecule has 2 aromatic rings. The number of amides is 1. The van der Waals surface area contributed by atoms with Gasteiger partial charge in [-0.15, -0.1) is 11.8 Å². The second-order valence-corrected chi connectivity index (χ2v) is 7.43. The lowest BCUT2D eigenvalue weighted by Gasteiger charge is -2.15. The minimum Gasteiger partial charge on any atom is -0.325 e. The first-order valence-corrected chi connectivity index (χ1v) is 8.47. The van der Waals surface area contributed by atoms with E-state index in [1.807, 2.05) is 0 Å². The van der Waals surface area contributed by atoms with Crippen molar-refractivity contribution in [2.45, 2.75) is 44.3 Å². The van der Waals surface area contributed by atoms with Crippen molar-refractivity contribution in [3.05, 3.63) is 58.1 Å². The van der Waals surface area contributed by atoms with Gasteiger partial charge in [-0.3, -0.25) is 4.79 Å². The Balaban J connectivity index is 1.77. The molecule has 0 radical (unpaired) electrons. The van der Waals surface area contributed by atoms with Gasteiger partial charge in [0.1, 0.15) is 0 Å². The van der Waals surface area contributed by atoms with Crippen molar-refractivity contribution in [2.24, 2.45) is 0 Å². The number of hydrogen-bond donors (Lipinski definition) is 1. The maximum Gasteiger partial charge on any atom is 0.238 e. The zero-order valence-electron chi connectivity index (χ0n) is 13.5. The Labute approximate surface area is 136 Å². The number of thioether (sulfide) groups is 1. The van der Waals surface area contributed by atoms with Crippen LogP contribution in [-0.2, 0) is 11.2 Å². The summed E-state index contributed by atoms with van der Waals surface area (Å²) in [5.74, 6) is 0.105. The first-order chi connectivity index (χ1) is 10.4. The van der Waals surface area contributed by atoms with Crippen molar-refractivity contribution in [2.75, 3.05) is 5.32 Å². The Kier molecular flexibility index (Phi) is 4.00. The molecule has 0 saturated heterocycles. The maximum atomic E-state index is 12.6. The zero-order valence-corrected chi connectivity index (χ0v) is 14.3. The van der Waals surface area contributed by atoms with Gasteiger partial charge < -0.3 is 5.32 Å². The predicted octanol–water partition coefficient (Wildman–Crippen LogP) is 4.58. The van der Waals surface area contributed by atoms with Gasteiger partial charge in [0.05, 0.1) is 5.25 Å². The molecule has 1 aliphatic rings. The number of anilines is 1. The summed E-state index contributed by atoms with van der Waals surface area (Å²) in [5, 5.41) is 3.11. The van der Waals surface area contributed by atoms with Gasteiger partial charge in [-0.25, -0.2) is 0 Å². The molecule has 1 unspecified atom stereocenters. The highest BCUT2D eigenvalue weighted by Crippen LogP contribution is 2.38. The van der Waals surface area contributed by atoms with Gasteiger partial charge in [-0.2, -0.15) is 0 Å². The highest BCUT2D eigenvalue weighted by atomic mass is 32.2. The van der Waals surface area contributed by atoms with E-state index in [1.54, 1.807) is 11.8 Å². The third-order valence-corrected chi connectivity index (χ3v) is 5.41. The molecule has 0 fully saturated rings. The molecule has 0 spiro atoms. The largest absolute Gasteiger partial charge is 0.325 e. The monoisotopic (exact) mass is 311 g/mol. The molecule has 0 saturated carbocycles. The van der Waals surface area contributed by atoms with Crippen molar-refractivity contribution < 1.29 is 4.79 Å². The molecule has 1 amide bonds. The van der Waals surface area contributed by atoms with Crippen LogP contribution >= 0.6 is 11.8 Å². The Morgan fingerprint density at radius 2 is 1.73 bits per heavy atom. The SMILES string of the molecule is Cc1cc(C)c(NC(=O)C2Cc3ccc(C)cc3S2)c(C)c1. The summed E-state index contributed by atoms with van der Waals surface area (Å²) in [7, 11) is 0. The Bertz CT molecular complexity index is 728. The summed E-state index contributed by atoms with van der Waals surface area (Å²) in [6, 6.07) is 10.7. The van der Waals surface area contributed by atoms with E-state index in [2.05, 4.69) is 63.3 Å². The first kappa shape index (κ1) is 15.2. The fourth-order valence-corrected chi connectivity index (χ4v) is 4.35. The highest BCUT2D eigenvalue weighted by Gasteiger charge is 2.28. The van der Waals surface area contributed by atoms with Crippen molar-refractivity contribution in [3.8, 4) is 0 Å². The molecule has 3 rings (SSSR count). The second-order valence-electron chi connectivity index (χ2n) is 6.18. The normalized spacial score (nSPS) is 16.5. The molecule has 2 nitrogen and oxygen atoms in total. The van der Waals surface area contributed by atoms with Crippen molar-refractivity contribution in [3.63, 3.8) is 0 Å². The van der Waals surface area contributed by atoms with E-state index >= 15 is 0 Å². The van der Waals surface area contributed by atoms with E-state index in [0.717, 1.165) is 23.2 Å². The summed E-state index contributed by atoms with van der Waals surface area (Å²) in [4.78, 5) is 13.9. The summed E-state index contributed by atoms with van der Waals surface area (Å²) in [6.45, 7) is 8.27. The van der Waals surface area contributed by atoms with Crippen LogP contribution in [0.4, 0.5) is 5.69 Å². The number of carbonyl (C=O) groups excluding carboxylic acids is 1. The van der Waals surface area contributed by atoms with Crippen LogP contribution < -0.4 is 5.32 Å². The average molecular weight is 311 g/mol. The molecule has 0 aromatic heterocycles. The van der Waals surface area contributed by atoms with Gasteiger partial charge in [-0.05, 0) is 56.9 Å². The van der Waals surface area contributed by atoms with Crippen LogP contribution in [0.15, 0.2) is 35.2 Å². The van der Waals surface area contributed by atoms with Crippen molar-refractivity contribution >= 4 is 23.4 Å². The van der Waals surface area contributed by atoms with E-state index in [4.69, 9.17) is 0 Å². The van der Waals surface area contributed by atoms with Crippen LogP contribution in [0.2, 0.25) is 0 Å². The minimum absolute atomic E-state index is 0.0306. The molecule has 0 bridgehead atoms. The van der Waals surface area contributed by atoms with Crippen LogP contribution in [-0.4, -0.2) is 11.2 Å². The third-order valence-electron chi connectivity index (χ3n) is 4.11. The van der Waals surface area contributed by atoms with Gasteiger partial charge in [0, 0.05) is 10.6 Å². The summed E-state index contributed by atoms with van der Waals surface area (Å²) < 4.78 is 0. The van der Waals surface area contributed by atoms with Gasteiger partial charge in [-0.1, -0.05) is 35.4 Å². The molecule has 1 heterocycles. The van der Waals surface area contributed by atoms with Crippen molar-refractivity contribution in [1.82, 2.24) is 0 Å². The molecule has 3 heteroatoms. The highest BCUT2D eigenvalue weighted by molar-refractivity contribution is 8.01. The van der Waals surface area contributed by atoms with Crippen LogP contribution in [0.3, 0.4) is 0 Å². The van der Waals surface area contributed by atoms with Gasteiger partial charge >= 0.3 is 0 Å². The number of nitrogens with one attached hydrogen (secondary N) is 1. The zero-order chi connectivity index (χ0) is 15.9. The Hall–Kier alpha value is -1.74. The number of benzene rings is 2. The minimum atomic E-state index is -0.0306. The molecular weight excluding hydrogens is 290 g/mol. The lowest BCUT2D eigenvalue weighted by atomic mass is 10.0. The number of hydrogen-bond acceptors (Lipinski definition) is 2. The summed E-state index contributed by atoms with van der Waals surface area (Å²) in [6.07, 6.45) is 0.816.